The van der Waals surface area contributed by atoms with Crippen molar-refractivity contribution in [2.75, 3.05) is 13.2 Å². The molecule has 0 atom stereocenters. The van der Waals surface area contributed by atoms with Gasteiger partial charge in [-0.3, -0.25) is 20.2 Å². The van der Waals surface area contributed by atoms with Crippen LogP contribution in [0.5, 0.6) is 11.5 Å². The Morgan fingerprint density at radius 1 is 0.929 bits per heavy atom. The van der Waals surface area contributed by atoms with Gasteiger partial charge in [0.05, 0.1) is 0 Å². The Bertz CT molecular complexity index is 929. The molecule has 0 unspecified atom stereocenters. The molecule has 2 aromatic carbocycles. The first-order valence-corrected chi connectivity index (χ1v) is 9.14. The molecule has 0 radical (unpaired) electrons. The normalized spacial score (nSPS) is 13.6. The van der Waals surface area contributed by atoms with Crippen LogP contribution < -0.4 is 20.1 Å². The van der Waals surface area contributed by atoms with Crippen LogP contribution in [0, 0.1) is 13.8 Å². The van der Waals surface area contributed by atoms with Crippen molar-refractivity contribution in [3.05, 3.63) is 64.7 Å². The van der Waals surface area contributed by atoms with Crippen LogP contribution in [0.2, 0.25) is 0 Å². The van der Waals surface area contributed by atoms with Gasteiger partial charge in [-0.15, -0.1) is 0 Å². The second kappa shape index (κ2) is 8.67. The molecule has 2 N–H and O–H groups in total. The van der Waals surface area contributed by atoms with Gasteiger partial charge in [0.15, 0.2) is 5.11 Å². The lowest BCUT2D eigenvalue weighted by atomic mass is 10.1. The van der Waals surface area contributed by atoms with Gasteiger partial charge in [-0.2, -0.15) is 0 Å². The van der Waals surface area contributed by atoms with E-state index in [2.05, 4.69) is 10.6 Å². The Labute approximate surface area is 168 Å². The van der Waals surface area contributed by atoms with Gasteiger partial charge in [0.2, 0.25) is 0 Å². The Balaban J connectivity index is 1.54. The lowest BCUT2D eigenvalue weighted by Crippen LogP contribution is -2.51. The van der Waals surface area contributed by atoms with Gasteiger partial charge in [-0.05, 0) is 67.0 Å². The van der Waals surface area contributed by atoms with E-state index in [1.54, 1.807) is 24.3 Å². The summed E-state index contributed by atoms with van der Waals surface area (Å²) in [5.74, 6) is 0.495. The van der Waals surface area contributed by atoms with Crippen molar-refractivity contribution in [3.8, 4) is 11.5 Å². The molecular formula is C21H20N2O4S. The predicted molar refractivity (Wildman–Crippen MR) is 110 cm³/mol. The van der Waals surface area contributed by atoms with Crippen molar-refractivity contribution in [3.63, 3.8) is 0 Å². The van der Waals surface area contributed by atoms with E-state index in [0.717, 1.165) is 16.9 Å². The van der Waals surface area contributed by atoms with Crippen molar-refractivity contribution < 1.29 is 19.1 Å². The molecule has 0 spiro atoms. The standard InChI is InChI=1S/C21H20N2O4S/c1-13-3-4-14(2)18(11-13)27-10-9-26-16-7-5-15(6-8-16)12-17-19(24)22-21(28)23-20(17)25/h3-8,11-12H,9-10H2,1-2H3,(H2,22,23,24,25,28). The monoisotopic (exact) mass is 396 g/mol. The third-order valence-corrected chi connectivity index (χ3v) is 4.29. The highest BCUT2D eigenvalue weighted by molar-refractivity contribution is 7.80. The van der Waals surface area contributed by atoms with E-state index in [9.17, 15) is 9.59 Å². The minimum absolute atomic E-state index is 0.00388. The SMILES string of the molecule is Cc1ccc(C)c(OCCOc2ccc(C=C3C(=O)NC(=S)NC3=O)cc2)c1. The Hall–Kier alpha value is -3.19. The summed E-state index contributed by atoms with van der Waals surface area (Å²) in [4.78, 5) is 23.7. The maximum atomic E-state index is 11.9. The molecule has 0 aliphatic carbocycles. The average Bonchev–Trinajstić information content (AvgIpc) is 2.65. The summed E-state index contributed by atoms with van der Waals surface area (Å²) >= 11 is 4.77. The number of thiocarbonyl (C=S) groups is 1. The summed E-state index contributed by atoms with van der Waals surface area (Å²) in [5.41, 5.74) is 2.93. The lowest BCUT2D eigenvalue weighted by molar-refractivity contribution is -0.123. The molecular weight excluding hydrogens is 376 g/mol. The van der Waals surface area contributed by atoms with Gasteiger partial charge in [0, 0.05) is 0 Å². The van der Waals surface area contributed by atoms with Crippen LogP contribution in [-0.4, -0.2) is 30.1 Å². The van der Waals surface area contributed by atoms with Gasteiger partial charge in [0.25, 0.3) is 11.8 Å². The van der Waals surface area contributed by atoms with Crippen LogP contribution in [0.25, 0.3) is 6.08 Å². The van der Waals surface area contributed by atoms with Crippen LogP contribution in [0.3, 0.4) is 0 Å². The third kappa shape index (κ3) is 4.95. The molecule has 28 heavy (non-hydrogen) atoms. The zero-order valence-corrected chi connectivity index (χ0v) is 16.4. The van der Waals surface area contributed by atoms with Crippen LogP contribution in [-0.2, 0) is 9.59 Å². The van der Waals surface area contributed by atoms with Gasteiger partial charge < -0.3 is 9.47 Å². The van der Waals surface area contributed by atoms with Crippen molar-refractivity contribution in [1.29, 1.82) is 0 Å². The Kier molecular flexibility index (Phi) is 6.06. The smallest absolute Gasteiger partial charge is 0.263 e. The number of hydrogen-bond donors (Lipinski definition) is 2. The molecule has 2 amide bonds. The van der Waals surface area contributed by atoms with Gasteiger partial charge in [-0.1, -0.05) is 24.3 Å². The summed E-state index contributed by atoms with van der Waals surface area (Å²) in [5, 5.41) is 4.81. The second-order valence-corrected chi connectivity index (χ2v) is 6.74. The van der Waals surface area contributed by atoms with Gasteiger partial charge in [-0.25, -0.2) is 0 Å². The fourth-order valence-electron chi connectivity index (χ4n) is 2.61. The van der Waals surface area contributed by atoms with Crippen molar-refractivity contribution in [2.24, 2.45) is 0 Å². The zero-order chi connectivity index (χ0) is 20.1. The number of rotatable bonds is 6. The van der Waals surface area contributed by atoms with Gasteiger partial charge >= 0.3 is 0 Å². The number of aryl methyl sites for hydroxylation is 2. The molecule has 6 nitrogen and oxygen atoms in total. The van der Waals surface area contributed by atoms with E-state index < -0.39 is 11.8 Å². The molecule has 3 rings (SSSR count). The molecule has 1 heterocycles. The Morgan fingerprint density at radius 2 is 1.57 bits per heavy atom. The van der Waals surface area contributed by atoms with Crippen LogP contribution in [0.15, 0.2) is 48.0 Å². The molecule has 2 aromatic rings. The summed E-state index contributed by atoms with van der Waals surface area (Å²) in [7, 11) is 0. The largest absolute Gasteiger partial charge is 0.490 e. The highest BCUT2D eigenvalue weighted by Gasteiger charge is 2.25. The molecule has 1 saturated heterocycles. The average molecular weight is 396 g/mol. The van der Waals surface area contributed by atoms with E-state index in [1.165, 1.54) is 6.08 Å². The predicted octanol–water partition coefficient (Wildman–Crippen LogP) is 2.68. The van der Waals surface area contributed by atoms with Crippen LogP contribution in [0.1, 0.15) is 16.7 Å². The fourth-order valence-corrected chi connectivity index (χ4v) is 2.79. The second-order valence-electron chi connectivity index (χ2n) is 6.33. The van der Waals surface area contributed by atoms with Crippen LogP contribution in [0.4, 0.5) is 0 Å². The fraction of sp³-hybridized carbons (Fsp3) is 0.190. The molecule has 0 aromatic heterocycles. The number of carbonyl (C=O) groups is 2. The highest BCUT2D eigenvalue weighted by Crippen LogP contribution is 2.19. The zero-order valence-electron chi connectivity index (χ0n) is 15.6. The van der Waals surface area contributed by atoms with E-state index in [0.29, 0.717) is 24.5 Å². The molecule has 144 valence electrons. The topological polar surface area (TPSA) is 76.7 Å². The van der Waals surface area contributed by atoms with Crippen LogP contribution >= 0.6 is 12.2 Å². The number of ether oxygens (including phenoxy) is 2. The first-order valence-electron chi connectivity index (χ1n) is 8.73. The van der Waals surface area contributed by atoms with Crippen molar-refractivity contribution in [2.45, 2.75) is 13.8 Å². The highest BCUT2D eigenvalue weighted by atomic mass is 32.1. The quantitative estimate of drug-likeness (QED) is 0.340. The maximum absolute atomic E-state index is 11.9. The number of carbonyl (C=O) groups excluding carboxylic acids is 2. The molecule has 0 saturated carbocycles. The molecule has 1 aliphatic heterocycles. The summed E-state index contributed by atoms with van der Waals surface area (Å²) in [6, 6.07) is 13.1. The number of nitrogens with one attached hydrogen (secondary N) is 2. The summed E-state index contributed by atoms with van der Waals surface area (Å²) in [6.45, 7) is 4.85. The Morgan fingerprint density at radius 3 is 2.25 bits per heavy atom. The number of amides is 2. The van der Waals surface area contributed by atoms with Crippen molar-refractivity contribution >= 4 is 35.2 Å². The summed E-state index contributed by atoms with van der Waals surface area (Å²) < 4.78 is 11.4. The lowest BCUT2D eigenvalue weighted by Gasteiger charge is -2.16. The van der Waals surface area contributed by atoms with Gasteiger partial charge in [0.1, 0.15) is 30.3 Å². The summed E-state index contributed by atoms with van der Waals surface area (Å²) in [6.07, 6.45) is 1.50. The van der Waals surface area contributed by atoms with E-state index >= 15 is 0 Å². The first kappa shape index (κ1) is 19.6. The van der Waals surface area contributed by atoms with E-state index in [1.807, 2.05) is 32.0 Å². The number of benzene rings is 2. The maximum Gasteiger partial charge on any atom is 0.263 e. The molecule has 0 bridgehead atoms. The molecule has 1 fully saturated rings. The van der Waals surface area contributed by atoms with E-state index in [-0.39, 0.29) is 10.7 Å². The minimum atomic E-state index is -0.516. The minimum Gasteiger partial charge on any atom is -0.490 e. The third-order valence-electron chi connectivity index (χ3n) is 4.09. The van der Waals surface area contributed by atoms with E-state index in [4.69, 9.17) is 21.7 Å². The number of hydrogen-bond acceptors (Lipinski definition) is 5. The first-order chi connectivity index (χ1) is 13.4. The van der Waals surface area contributed by atoms with Crippen molar-refractivity contribution in [1.82, 2.24) is 10.6 Å². The molecule has 1 aliphatic rings. The molecule has 7 heteroatoms.